The number of hydrogen-bond donors (Lipinski definition) is 1. The first-order chi connectivity index (χ1) is 8.08. The first-order valence-corrected chi connectivity index (χ1v) is 6.83. The fraction of sp³-hybridized carbons (Fsp3) is 0.786. The second kappa shape index (κ2) is 6.80. The summed E-state index contributed by atoms with van der Waals surface area (Å²) in [5.74, 6) is 1.39. The van der Waals surface area contributed by atoms with Crippen LogP contribution in [0.15, 0.2) is 12.4 Å². The molecular formula is C14H27N3. The minimum absolute atomic E-state index is 0.550. The second-order valence-corrected chi connectivity index (χ2v) is 5.18. The van der Waals surface area contributed by atoms with Gasteiger partial charge in [-0.2, -0.15) is 5.10 Å². The standard InChI is InChI=1S/C14H27N3/c1-6-15-14(12(5)11(3)4)8-13-9-16-17(7-2)10-13/h9-12,14-15H,6-8H2,1-5H3. The summed E-state index contributed by atoms with van der Waals surface area (Å²) in [4.78, 5) is 0. The maximum atomic E-state index is 4.34. The van der Waals surface area contributed by atoms with Crippen molar-refractivity contribution in [3.63, 3.8) is 0 Å². The van der Waals surface area contributed by atoms with Crippen LogP contribution in [0.1, 0.15) is 40.2 Å². The highest BCUT2D eigenvalue weighted by Crippen LogP contribution is 2.18. The lowest BCUT2D eigenvalue weighted by Crippen LogP contribution is -2.38. The van der Waals surface area contributed by atoms with Crippen LogP contribution in [0, 0.1) is 11.8 Å². The molecule has 0 aromatic carbocycles. The van der Waals surface area contributed by atoms with Crippen molar-refractivity contribution in [2.24, 2.45) is 11.8 Å². The van der Waals surface area contributed by atoms with E-state index in [1.807, 2.05) is 10.9 Å². The van der Waals surface area contributed by atoms with E-state index in [4.69, 9.17) is 0 Å². The van der Waals surface area contributed by atoms with E-state index in [0.29, 0.717) is 17.9 Å². The van der Waals surface area contributed by atoms with Crippen molar-refractivity contribution >= 4 is 0 Å². The first kappa shape index (κ1) is 14.2. The number of rotatable bonds is 7. The summed E-state index contributed by atoms with van der Waals surface area (Å²) < 4.78 is 2.00. The lowest BCUT2D eigenvalue weighted by atomic mass is 9.87. The maximum absolute atomic E-state index is 4.34. The van der Waals surface area contributed by atoms with E-state index in [1.54, 1.807) is 0 Å². The van der Waals surface area contributed by atoms with Gasteiger partial charge < -0.3 is 5.32 Å². The maximum Gasteiger partial charge on any atom is 0.0522 e. The average molecular weight is 237 g/mol. The smallest absolute Gasteiger partial charge is 0.0522 e. The molecule has 0 aliphatic rings. The molecule has 98 valence electrons. The summed E-state index contributed by atoms with van der Waals surface area (Å²) in [6.07, 6.45) is 5.24. The number of aromatic nitrogens is 2. The molecule has 3 nitrogen and oxygen atoms in total. The fourth-order valence-electron chi connectivity index (χ4n) is 2.11. The van der Waals surface area contributed by atoms with Crippen LogP contribution in [0.25, 0.3) is 0 Å². The number of aryl methyl sites for hydroxylation is 1. The van der Waals surface area contributed by atoms with E-state index >= 15 is 0 Å². The van der Waals surface area contributed by atoms with E-state index < -0.39 is 0 Å². The number of hydrogen-bond acceptors (Lipinski definition) is 2. The minimum Gasteiger partial charge on any atom is -0.314 e. The van der Waals surface area contributed by atoms with Gasteiger partial charge in [-0.3, -0.25) is 4.68 Å². The predicted octanol–water partition coefficient (Wildman–Crippen LogP) is 2.72. The Morgan fingerprint density at radius 1 is 1.29 bits per heavy atom. The van der Waals surface area contributed by atoms with Crippen molar-refractivity contribution in [2.75, 3.05) is 6.54 Å². The highest BCUT2D eigenvalue weighted by atomic mass is 15.3. The Balaban J connectivity index is 2.65. The third-order valence-corrected chi connectivity index (χ3v) is 3.62. The van der Waals surface area contributed by atoms with Gasteiger partial charge >= 0.3 is 0 Å². The Hall–Kier alpha value is -0.830. The molecule has 2 atom stereocenters. The van der Waals surface area contributed by atoms with Gasteiger partial charge in [0.05, 0.1) is 6.20 Å². The van der Waals surface area contributed by atoms with Crippen LogP contribution < -0.4 is 5.32 Å². The molecule has 17 heavy (non-hydrogen) atoms. The van der Waals surface area contributed by atoms with Crippen molar-refractivity contribution in [1.82, 2.24) is 15.1 Å². The average Bonchev–Trinajstić information content (AvgIpc) is 2.75. The van der Waals surface area contributed by atoms with Crippen LogP contribution in [0.2, 0.25) is 0 Å². The molecule has 0 amide bonds. The van der Waals surface area contributed by atoms with Crippen LogP contribution in [-0.2, 0) is 13.0 Å². The van der Waals surface area contributed by atoms with Crippen molar-refractivity contribution < 1.29 is 0 Å². The van der Waals surface area contributed by atoms with Crippen molar-refractivity contribution in [3.8, 4) is 0 Å². The lowest BCUT2D eigenvalue weighted by Gasteiger charge is -2.27. The summed E-state index contributed by atoms with van der Waals surface area (Å²) in [6, 6.07) is 0.550. The molecule has 1 heterocycles. The summed E-state index contributed by atoms with van der Waals surface area (Å²) in [5, 5.41) is 7.94. The third kappa shape index (κ3) is 4.15. The van der Waals surface area contributed by atoms with Gasteiger partial charge in [0.2, 0.25) is 0 Å². The molecule has 0 aliphatic carbocycles. The van der Waals surface area contributed by atoms with Crippen molar-refractivity contribution in [3.05, 3.63) is 18.0 Å². The monoisotopic (exact) mass is 237 g/mol. The zero-order valence-electron chi connectivity index (χ0n) is 11.9. The normalized spacial score (nSPS) is 15.2. The zero-order valence-corrected chi connectivity index (χ0v) is 11.9. The summed E-state index contributed by atoms with van der Waals surface area (Å²) in [6.45, 7) is 13.2. The van der Waals surface area contributed by atoms with Gasteiger partial charge in [-0.25, -0.2) is 0 Å². The summed E-state index contributed by atoms with van der Waals surface area (Å²) >= 11 is 0. The Labute approximate surface area is 106 Å². The van der Waals surface area contributed by atoms with Crippen molar-refractivity contribution in [2.45, 2.75) is 53.6 Å². The Bertz CT molecular complexity index is 317. The molecule has 1 aromatic rings. The largest absolute Gasteiger partial charge is 0.314 e. The Morgan fingerprint density at radius 2 is 2.00 bits per heavy atom. The predicted molar refractivity (Wildman–Crippen MR) is 73.1 cm³/mol. The van der Waals surface area contributed by atoms with Gasteiger partial charge in [0.25, 0.3) is 0 Å². The van der Waals surface area contributed by atoms with Gasteiger partial charge in [-0.15, -0.1) is 0 Å². The lowest BCUT2D eigenvalue weighted by molar-refractivity contribution is 0.300. The molecule has 1 rings (SSSR count). The molecule has 1 aromatic heterocycles. The Morgan fingerprint density at radius 3 is 2.47 bits per heavy atom. The topological polar surface area (TPSA) is 29.9 Å². The quantitative estimate of drug-likeness (QED) is 0.790. The summed E-state index contributed by atoms with van der Waals surface area (Å²) in [7, 11) is 0. The van der Waals surface area contributed by atoms with Gasteiger partial charge in [-0.1, -0.05) is 27.7 Å². The number of likely N-dealkylation sites (N-methyl/N-ethyl adjacent to an activating group) is 1. The molecule has 3 heteroatoms. The van der Waals surface area contributed by atoms with E-state index in [-0.39, 0.29) is 0 Å². The van der Waals surface area contributed by atoms with Crippen molar-refractivity contribution in [1.29, 1.82) is 0 Å². The van der Waals surface area contributed by atoms with Crippen LogP contribution >= 0.6 is 0 Å². The Kier molecular flexibility index (Phi) is 5.69. The van der Waals surface area contributed by atoms with E-state index in [1.165, 1.54) is 5.56 Å². The molecule has 0 radical (unpaired) electrons. The molecule has 1 N–H and O–H groups in total. The highest BCUT2D eigenvalue weighted by molar-refractivity contribution is 5.06. The summed E-state index contributed by atoms with van der Waals surface area (Å²) in [5.41, 5.74) is 1.34. The zero-order chi connectivity index (χ0) is 12.8. The first-order valence-electron chi connectivity index (χ1n) is 6.83. The van der Waals surface area contributed by atoms with Gasteiger partial charge in [0.15, 0.2) is 0 Å². The minimum atomic E-state index is 0.550. The molecule has 0 saturated carbocycles. The number of nitrogens with zero attached hydrogens (tertiary/aromatic N) is 2. The van der Waals surface area contributed by atoms with Gasteiger partial charge in [-0.05, 0) is 37.3 Å². The molecule has 0 fully saturated rings. The van der Waals surface area contributed by atoms with Crippen LogP contribution in [-0.4, -0.2) is 22.4 Å². The molecular weight excluding hydrogens is 210 g/mol. The molecule has 2 unspecified atom stereocenters. The third-order valence-electron chi connectivity index (χ3n) is 3.62. The van der Waals surface area contributed by atoms with Crippen LogP contribution in [0.5, 0.6) is 0 Å². The molecule has 0 saturated heterocycles. The number of nitrogens with one attached hydrogen (secondary N) is 1. The second-order valence-electron chi connectivity index (χ2n) is 5.18. The van der Waals surface area contributed by atoms with Gasteiger partial charge in [0.1, 0.15) is 0 Å². The van der Waals surface area contributed by atoms with Crippen LogP contribution in [0.4, 0.5) is 0 Å². The van der Waals surface area contributed by atoms with E-state index in [9.17, 15) is 0 Å². The van der Waals surface area contributed by atoms with Crippen LogP contribution in [0.3, 0.4) is 0 Å². The highest BCUT2D eigenvalue weighted by Gasteiger charge is 2.20. The van der Waals surface area contributed by atoms with E-state index in [2.05, 4.69) is 51.2 Å². The fourth-order valence-corrected chi connectivity index (χ4v) is 2.11. The SMILES string of the molecule is CCNC(Cc1cnn(CC)c1)C(C)C(C)C. The molecule has 0 aliphatic heterocycles. The molecule has 0 bridgehead atoms. The van der Waals surface area contributed by atoms with E-state index in [0.717, 1.165) is 19.5 Å². The molecule has 0 spiro atoms. The van der Waals surface area contributed by atoms with Gasteiger partial charge in [0, 0.05) is 18.8 Å².